The Bertz CT molecular complexity index is 174. The van der Waals surface area contributed by atoms with Crippen LogP contribution in [0.3, 0.4) is 0 Å². The fourth-order valence-corrected chi connectivity index (χ4v) is 1.45. The Kier molecular flexibility index (Phi) is 16.4. The quantitative estimate of drug-likeness (QED) is 0.244. The van der Waals surface area contributed by atoms with Gasteiger partial charge in [0.15, 0.2) is 5.96 Å². The van der Waals surface area contributed by atoms with Gasteiger partial charge in [0.25, 0.3) is 0 Å². The minimum atomic E-state index is 0. The van der Waals surface area contributed by atoms with E-state index in [1.165, 1.54) is 0 Å². The molecule has 0 unspecified atom stereocenters. The summed E-state index contributed by atoms with van der Waals surface area (Å²) in [7, 11) is 1.79. The molecular weight excluding hydrogens is 321 g/mol. The summed E-state index contributed by atoms with van der Waals surface area (Å²) in [4.78, 5) is 4.11. The van der Waals surface area contributed by atoms with E-state index in [1.54, 1.807) is 7.05 Å². The molecule has 5 heteroatoms. The fraction of sp³-hybridized carbons (Fsp3) is 0.700. The Morgan fingerprint density at radius 2 is 2.07 bits per heavy atom. The van der Waals surface area contributed by atoms with Gasteiger partial charge in [0.2, 0.25) is 0 Å². The Morgan fingerprint density at radius 1 is 1.40 bits per heavy atom. The number of hydrogen-bond acceptors (Lipinski definition) is 2. The number of thioether (sulfide) groups is 1. The summed E-state index contributed by atoms with van der Waals surface area (Å²) in [6.45, 7) is 7.73. The van der Waals surface area contributed by atoms with E-state index in [0.29, 0.717) is 0 Å². The van der Waals surface area contributed by atoms with E-state index in [9.17, 15) is 0 Å². The molecule has 0 rings (SSSR count). The van der Waals surface area contributed by atoms with Crippen molar-refractivity contribution in [1.29, 1.82) is 0 Å². The second kappa shape index (κ2) is 14.1. The Hall–Kier alpha value is 0.0900. The van der Waals surface area contributed by atoms with E-state index < -0.39 is 0 Å². The predicted molar refractivity (Wildman–Crippen MR) is 82.6 cm³/mol. The molecule has 0 aromatic rings. The molecule has 0 atom stereocenters. The van der Waals surface area contributed by atoms with Crippen molar-refractivity contribution in [3.05, 3.63) is 12.7 Å². The van der Waals surface area contributed by atoms with Gasteiger partial charge >= 0.3 is 0 Å². The molecule has 0 fully saturated rings. The average molecular weight is 343 g/mol. The summed E-state index contributed by atoms with van der Waals surface area (Å²) in [5.74, 6) is 2.99. The summed E-state index contributed by atoms with van der Waals surface area (Å²) in [6.07, 6.45) is 3.04. The molecule has 2 N–H and O–H groups in total. The van der Waals surface area contributed by atoms with E-state index in [2.05, 4.69) is 29.1 Å². The molecule has 0 aliphatic heterocycles. The van der Waals surface area contributed by atoms with Gasteiger partial charge in [-0.1, -0.05) is 13.0 Å². The van der Waals surface area contributed by atoms with Crippen LogP contribution in [0, 0.1) is 0 Å². The van der Waals surface area contributed by atoms with Gasteiger partial charge in [-0.05, 0) is 6.42 Å². The average Bonchev–Trinajstić information content (AvgIpc) is 2.22. The molecule has 3 nitrogen and oxygen atoms in total. The largest absolute Gasteiger partial charge is 0.356 e. The second-order valence-electron chi connectivity index (χ2n) is 2.79. The van der Waals surface area contributed by atoms with Gasteiger partial charge in [0.1, 0.15) is 0 Å². The SMILES string of the molecule is C=CCSCCNC(=NC)NCCC.I. The molecule has 0 aromatic carbocycles. The zero-order valence-electron chi connectivity index (χ0n) is 9.58. The van der Waals surface area contributed by atoms with Crippen LogP contribution in [0.4, 0.5) is 0 Å². The lowest BCUT2D eigenvalue weighted by Gasteiger charge is -2.10. The molecule has 15 heavy (non-hydrogen) atoms. The van der Waals surface area contributed by atoms with Crippen molar-refractivity contribution in [2.24, 2.45) is 4.99 Å². The number of guanidine groups is 1. The van der Waals surface area contributed by atoms with Crippen LogP contribution in [0.5, 0.6) is 0 Å². The van der Waals surface area contributed by atoms with Crippen molar-refractivity contribution in [1.82, 2.24) is 10.6 Å². The van der Waals surface area contributed by atoms with Crippen molar-refractivity contribution in [3.8, 4) is 0 Å². The second-order valence-corrected chi connectivity index (χ2v) is 3.94. The Balaban J connectivity index is 0. The van der Waals surface area contributed by atoms with Gasteiger partial charge in [-0.2, -0.15) is 11.8 Å². The first-order valence-corrected chi connectivity index (χ1v) is 6.13. The first kappa shape index (κ1) is 17.5. The number of nitrogens with one attached hydrogen (secondary N) is 2. The number of hydrogen-bond donors (Lipinski definition) is 2. The molecule has 0 aliphatic carbocycles. The normalized spacial score (nSPS) is 10.4. The number of nitrogens with zero attached hydrogens (tertiary/aromatic N) is 1. The Morgan fingerprint density at radius 3 is 2.60 bits per heavy atom. The van der Waals surface area contributed by atoms with Gasteiger partial charge in [-0.3, -0.25) is 4.99 Å². The molecule has 0 saturated heterocycles. The molecule has 0 bridgehead atoms. The monoisotopic (exact) mass is 343 g/mol. The van der Waals surface area contributed by atoms with E-state index in [1.807, 2.05) is 17.8 Å². The smallest absolute Gasteiger partial charge is 0.191 e. The van der Waals surface area contributed by atoms with Crippen LogP contribution >= 0.6 is 35.7 Å². The van der Waals surface area contributed by atoms with Crippen LogP contribution in [-0.2, 0) is 0 Å². The maximum absolute atomic E-state index is 4.11. The summed E-state index contributed by atoms with van der Waals surface area (Å²) in [5, 5.41) is 6.47. The number of aliphatic imine (C=N–C) groups is 1. The standard InChI is InChI=1S/C10H21N3S.HI/c1-4-6-12-10(11-3)13-7-9-14-8-5-2;/h5H,2,4,6-9H2,1,3H3,(H2,11,12,13);1H. The van der Waals surface area contributed by atoms with Gasteiger partial charge in [-0.25, -0.2) is 0 Å². The van der Waals surface area contributed by atoms with E-state index in [4.69, 9.17) is 0 Å². The summed E-state index contributed by atoms with van der Waals surface area (Å²) in [5.41, 5.74) is 0. The highest BCUT2D eigenvalue weighted by Gasteiger charge is 1.93. The maximum atomic E-state index is 4.11. The highest BCUT2D eigenvalue weighted by molar-refractivity contribution is 14.0. The van der Waals surface area contributed by atoms with Crippen molar-refractivity contribution in [3.63, 3.8) is 0 Å². The molecule has 0 aliphatic rings. The highest BCUT2D eigenvalue weighted by atomic mass is 127. The van der Waals surface area contributed by atoms with Crippen LogP contribution < -0.4 is 10.6 Å². The summed E-state index contributed by atoms with van der Waals surface area (Å²) in [6, 6.07) is 0. The zero-order chi connectivity index (χ0) is 10.6. The van der Waals surface area contributed by atoms with E-state index in [0.717, 1.165) is 37.0 Å². The number of halogens is 1. The lowest BCUT2D eigenvalue weighted by molar-refractivity contribution is 0.796. The number of rotatable bonds is 7. The van der Waals surface area contributed by atoms with Crippen molar-refractivity contribution in [2.45, 2.75) is 13.3 Å². The molecule has 0 radical (unpaired) electrons. The molecule has 0 aromatic heterocycles. The van der Waals surface area contributed by atoms with Gasteiger partial charge in [0, 0.05) is 31.6 Å². The van der Waals surface area contributed by atoms with Crippen molar-refractivity contribution < 1.29 is 0 Å². The summed E-state index contributed by atoms with van der Waals surface area (Å²) < 4.78 is 0. The van der Waals surface area contributed by atoms with E-state index in [-0.39, 0.29) is 24.0 Å². The van der Waals surface area contributed by atoms with Crippen molar-refractivity contribution >= 4 is 41.7 Å². The van der Waals surface area contributed by atoms with Crippen LogP contribution in [0.15, 0.2) is 17.6 Å². The highest BCUT2D eigenvalue weighted by Crippen LogP contribution is 1.96. The lowest BCUT2D eigenvalue weighted by atomic mass is 10.5. The predicted octanol–water partition coefficient (Wildman–Crippen LogP) is 2.10. The Labute approximate surface area is 115 Å². The van der Waals surface area contributed by atoms with Gasteiger partial charge < -0.3 is 10.6 Å². The third kappa shape index (κ3) is 12.0. The third-order valence-electron chi connectivity index (χ3n) is 1.54. The van der Waals surface area contributed by atoms with Crippen LogP contribution in [-0.4, -0.2) is 37.6 Å². The minimum absolute atomic E-state index is 0. The zero-order valence-corrected chi connectivity index (χ0v) is 12.7. The van der Waals surface area contributed by atoms with E-state index >= 15 is 0 Å². The lowest BCUT2D eigenvalue weighted by Crippen LogP contribution is -2.38. The van der Waals surface area contributed by atoms with Crippen LogP contribution in [0.2, 0.25) is 0 Å². The molecular formula is C10H22IN3S. The summed E-state index contributed by atoms with van der Waals surface area (Å²) >= 11 is 1.87. The maximum Gasteiger partial charge on any atom is 0.191 e. The van der Waals surface area contributed by atoms with Gasteiger partial charge in [-0.15, -0.1) is 30.6 Å². The van der Waals surface area contributed by atoms with Crippen LogP contribution in [0.1, 0.15) is 13.3 Å². The topological polar surface area (TPSA) is 36.4 Å². The van der Waals surface area contributed by atoms with Crippen molar-refractivity contribution in [2.75, 3.05) is 31.6 Å². The molecule has 0 heterocycles. The van der Waals surface area contributed by atoms with Crippen LogP contribution in [0.25, 0.3) is 0 Å². The molecule has 0 saturated carbocycles. The van der Waals surface area contributed by atoms with Gasteiger partial charge in [0.05, 0.1) is 0 Å². The molecule has 90 valence electrons. The minimum Gasteiger partial charge on any atom is -0.356 e. The third-order valence-corrected chi connectivity index (χ3v) is 2.50. The first-order chi connectivity index (χ1) is 6.85. The molecule has 0 spiro atoms. The fourth-order valence-electron chi connectivity index (χ4n) is 0.872. The first-order valence-electron chi connectivity index (χ1n) is 4.98. The molecule has 0 amide bonds.